The molecule has 0 saturated heterocycles. The molecular formula is C21H21N3O7S. The highest BCUT2D eigenvalue weighted by atomic mass is 32.2. The van der Waals surface area contributed by atoms with Crippen LogP contribution in [-0.2, 0) is 26.5 Å². The fourth-order valence-corrected chi connectivity index (χ4v) is 4.48. The number of nitrogens with zero attached hydrogens (tertiary/aromatic N) is 2. The van der Waals surface area contributed by atoms with Gasteiger partial charge in [-0.3, -0.25) is 14.2 Å². The van der Waals surface area contributed by atoms with E-state index in [4.69, 9.17) is 0 Å². The van der Waals surface area contributed by atoms with E-state index in [0.29, 0.717) is 11.4 Å². The molecule has 3 rings (SSSR count). The van der Waals surface area contributed by atoms with Crippen molar-refractivity contribution in [3.8, 4) is 5.69 Å². The van der Waals surface area contributed by atoms with E-state index < -0.39 is 32.4 Å². The number of anilines is 1. The van der Waals surface area contributed by atoms with Gasteiger partial charge in [0.15, 0.2) is 0 Å². The van der Waals surface area contributed by atoms with Gasteiger partial charge in [-0.05, 0) is 37.3 Å². The third-order valence-corrected chi connectivity index (χ3v) is 6.28. The standard InChI is InChI=1S/C21H21N3O7S/c1-13-18(19(25)24(23(13)2)15-8-6-5-7-9-15)22-32(28,29)17-12-14(20(26)30-3)10-11-16(17)21(27)31-4/h5-12,22H,1-4H3. The molecule has 1 aromatic heterocycles. The molecule has 10 nitrogen and oxygen atoms in total. The molecule has 0 aliphatic carbocycles. The first-order valence-electron chi connectivity index (χ1n) is 9.30. The lowest BCUT2D eigenvalue weighted by Gasteiger charge is -2.12. The van der Waals surface area contributed by atoms with Crippen molar-refractivity contribution in [1.82, 2.24) is 9.36 Å². The minimum Gasteiger partial charge on any atom is -0.465 e. The summed E-state index contributed by atoms with van der Waals surface area (Å²) in [7, 11) is -0.630. The third kappa shape index (κ3) is 4.02. The lowest BCUT2D eigenvalue weighted by atomic mass is 10.1. The summed E-state index contributed by atoms with van der Waals surface area (Å²) in [6, 6.07) is 12.1. The van der Waals surface area contributed by atoms with Gasteiger partial charge in [-0.15, -0.1) is 0 Å². The number of sulfonamides is 1. The van der Waals surface area contributed by atoms with E-state index in [2.05, 4.69) is 14.2 Å². The van der Waals surface area contributed by atoms with E-state index in [1.54, 1.807) is 44.3 Å². The maximum atomic E-state index is 13.2. The van der Waals surface area contributed by atoms with Crippen LogP contribution in [0.2, 0.25) is 0 Å². The highest BCUT2D eigenvalue weighted by Crippen LogP contribution is 2.23. The van der Waals surface area contributed by atoms with E-state index in [9.17, 15) is 22.8 Å². The SMILES string of the molecule is COC(=O)c1ccc(C(=O)OC)c(S(=O)(=O)Nc2c(C)n(C)n(-c3ccccc3)c2=O)c1. The fraction of sp³-hybridized carbons (Fsp3) is 0.190. The second-order valence-electron chi connectivity index (χ2n) is 6.74. The summed E-state index contributed by atoms with van der Waals surface area (Å²) in [4.78, 5) is 36.6. The number of esters is 2. The minimum absolute atomic E-state index is 0.0907. The smallest absolute Gasteiger partial charge is 0.339 e. The topological polar surface area (TPSA) is 126 Å². The Hall–Kier alpha value is -3.86. The molecule has 0 aliphatic heterocycles. The van der Waals surface area contributed by atoms with Crippen LogP contribution in [0, 0.1) is 6.92 Å². The molecule has 0 fully saturated rings. The van der Waals surface area contributed by atoms with Crippen molar-refractivity contribution >= 4 is 27.6 Å². The number of hydrogen-bond donors (Lipinski definition) is 1. The summed E-state index contributed by atoms with van der Waals surface area (Å²) in [5.74, 6) is -1.71. The average molecular weight is 459 g/mol. The molecule has 0 saturated carbocycles. The molecule has 1 N–H and O–H groups in total. The average Bonchev–Trinajstić information content (AvgIpc) is 3.00. The number of carbonyl (C=O) groups is 2. The van der Waals surface area contributed by atoms with E-state index in [1.807, 2.05) is 0 Å². The minimum atomic E-state index is -4.48. The van der Waals surface area contributed by atoms with Crippen LogP contribution in [0.25, 0.3) is 5.69 Å². The van der Waals surface area contributed by atoms with Crippen LogP contribution in [0.1, 0.15) is 26.4 Å². The molecule has 0 spiro atoms. The van der Waals surface area contributed by atoms with Gasteiger partial charge in [0.05, 0.1) is 36.7 Å². The summed E-state index contributed by atoms with van der Waals surface area (Å²) in [6.07, 6.45) is 0. The Morgan fingerprint density at radius 2 is 1.59 bits per heavy atom. The largest absolute Gasteiger partial charge is 0.465 e. The number of ether oxygens (including phenoxy) is 2. The molecule has 0 atom stereocenters. The number of benzene rings is 2. The number of nitrogens with one attached hydrogen (secondary N) is 1. The van der Waals surface area contributed by atoms with Crippen LogP contribution in [-0.4, -0.2) is 43.9 Å². The van der Waals surface area contributed by atoms with Crippen molar-refractivity contribution in [1.29, 1.82) is 0 Å². The molecule has 32 heavy (non-hydrogen) atoms. The molecule has 0 bridgehead atoms. The number of aromatic nitrogens is 2. The van der Waals surface area contributed by atoms with Crippen molar-refractivity contribution in [2.75, 3.05) is 18.9 Å². The van der Waals surface area contributed by atoms with Gasteiger partial charge in [-0.2, -0.15) is 0 Å². The molecule has 168 valence electrons. The van der Waals surface area contributed by atoms with Gasteiger partial charge in [-0.1, -0.05) is 18.2 Å². The Bertz CT molecular complexity index is 1360. The van der Waals surface area contributed by atoms with Crippen LogP contribution in [0.15, 0.2) is 58.2 Å². The molecule has 3 aromatic rings. The fourth-order valence-electron chi connectivity index (χ4n) is 3.14. The number of methoxy groups -OCH3 is 2. The van der Waals surface area contributed by atoms with Crippen molar-refractivity contribution in [3.05, 3.63) is 75.7 Å². The van der Waals surface area contributed by atoms with Crippen molar-refractivity contribution in [2.45, 2.75) is 11.8 Å². The molecule has 1 heterocycles. The van der Waals surface area contributed by atoms with Gasteiger partial charge in [0.25, 0.3) is 15.6 Å². The molecular weight excluding hydrogens is 438 g/mol. The van der Waals surface area contributed by atoms with Gasteiger partial charge >= 0.3 is 11.9 Å². The lowest BCUT2D eigenvalue weighted by molar-refractivity contribution is 0.0583. The molecule has 2 aromatic carbocycles. The monoisotopic (exact) mass is 459 g/mol. The molecule has 0 radical (unpaired) electrons. The maximum Gasteiger partial charge on any atom is 0.339 e. The van der Waals surface area contributed by atoms with E-state index >= 15 is 0 Å². The predicted octanol–water partition coefficient (Wildman–Crippen LogP) is 1.86. The van der Waals surface area contributed by atoms with Crippen LogP contribution >= 0.6 is 0 Å². The van der Waals surface area contributed by atoms with E-state index in [1.165, 1.54) is 15.4 Å². The van der Waals surface area contributed by atoms with Gasteiger partial charge in [0, 0.05) is 7.05 Å². The first kappa shape index (κ1) is 22.8. The van der Waals surface area contributed by atoms with Gasteiger partial charge in [0.1, 0.15) is 10.6 Å². The Labute approximate surface area is 184 Å². The quantitative estimate of drug-likeness (QED) is 0.558. The first-order valence-corrected chi connectivity index (χ1v) is 10.8. The van der Waals surface area contributed by atoms with E-state index in [0.717, 1.165) is 26.4 Å². The number of para-hydroxylation sites is 1. The second-order valence-corrected chi connectivity index (χ2v) is 8.39. The zero-order valence-electron chi connectivity index (χ0n) is 17.8. The van der Waals surface area contributed by atoms with Crippen LogP contribution in [0.3, 0.4) is 0 Å². The zero-order chi connectivity index (χ0) is 23.6. The van der Waals surface area contributed by atoms with Gasteiger partial charge in [-0.25, -0.2) is 22.7 Å². The first-order chi connectivity index (χ1) is 15.1. The highest BCUT2D eigenvalue weighted by molar-refractivity contribution is 7.92. The molecule has 11 heteroatoms. The molecule has 0 unspecified atom stereocenters. The van der Waals surface area contributed by atoms with Gasteiger partial charge in [0.2, 0.25) is 0 Å². The molecule has 0 aliphatic rings. The zero-order valence-corrected chi connectivity index (χ0v) is 18.6. The Kier molecular flexibility index (Phi) is 6.21. The van der Waals surface area contributed by atoms with Crippen molar-refractivity contribution in [3.63, 3.8) is 0 Å². The summed E-state index contributed by atoms with van der Waals surface area (Å²) >= 11 is 0. The maximum absolute atomic E-state index is 13.2. The van der Waals surface area contributed by atoms with Crippen molar-refractivity contribution in [2.24, 2.45) is 7.05 Å². The number of hydrogen-bond acceptors (Lipinski definition) is 7. The summed E-state index contributed by atoms with van der Waals surface area (Å²) in [6.45, 7) is 1.57. The van der Waals surface area contributed by atoms with Crippen LogP contribution in [0.5, 0.6) is 0 Å². The summed E-state index contributed by atoms with van der Waals surface area (Å²) in [5.41, 5.74) is -0.321. The Morgan fingerprint density at radius 1 is 0.969 bits per heavy atom. The van der Waals surface area contributed by atoms with E-state index in [-0.39, 0.29) is 16.8 Å². The van der Waals surface area contributed by atoms with Crippen LogP contribution < -0.4 is 10.3 Å². The summed E-state index contributed by atoms with van der Waals surface area (Å²) < 4.78 is 40.8. The Balaban J connectivity index is 2.16. The number of carbonyl (C=O) groups excluding carboxylic acids is 2. The van der Waals surface area contributed by atoms with Crippen molar-refractivity contribution < 1.29 is 27.5 Å². The van der Waals surface area contributed by atoms with Gasteiger partial charge < -0.3 is 9.47 Å². The molecule has 0 amide bonds. The third-order valence-electron chi connectivity index (χ3n) is 4.89. The lowest BCUT2D eigenvalue weighted by Crippen LogP contribution is -2.24. The highest BCUT2D eigenvalue weighted by Gasteiger charge is 2.28. The Morgan fingerprint density at radius 3 is 2.19 bits per heavy atom. The predicted molar refractivity (Wildman–Crippen MR) is 116 cm³/mol. The summed E-state index contributed by atoms with van der Waals surface area (Å²) in [5, 5.41) is 0. The van der Waals surface area contributed by atoms with Crippen LogP contribution in [0.4, 0.5) is 5.69 Å². The second kappa shape index (κ2) is 8.71. The normalized spacial score (nSPS) is 11.1. The number of rotatable bonds is 6.